The summed E-state index contributed by atoms with van der Waals surface area (Å²) in [5, 5.41) is 2.65. The van der Waals surface area contributed by atoms with Gasteiger partial charge in [0.2, 0.25) is 0 Å². The standard InChI is InChI=1S/C10H20NO2P/c1-3-4-5-6-7-8-9-11-10(12)14(2)13/h3-9H2,1-2H3/p+1. The van der Waals surface area contributed by atoms with E-state index in [0.29, 0.717) is 6.54 Å². The Hall–Kier alpha value is -0.430. The van der Waals surface area contributed by atoms with Crippen molar-refractivity contribution in [1.29, 1.82) is 0 Å². The van der Waals surface area contributed by atoms with Gasteiger partial charge < -0.3 is 5.32 Å². The Morgan fingerprint density at radius 2 is 1.71 bits per heavy atom. The minimum absolute atomic E-state index is 0.312. The summed E-state index contributed by atoms with van der Waals surface area (Å²) in [6.45, 7) is 4.30. The van der Waals surface area contributed by atoms with E-state index < -0.39 is 7.80 Å². The fourth-order valence-corrected chi connectivity index (χ4v) is 1.55. The molecule has 1 atom stereocenters. The lowest BCUT2D eigenvalue weighted by molar-refractivity contribution is 0.259. The van der Waals surface area contributed by atoms with Gasteiger partial charge in [0, 0.05) is 6.54 Å². The second kappa shape index (κ2) is 9.14. The third-order valence-electron chi connectivity index (χ3n) is 2.09. The monoisotopic (exact) mass is 218 g/mol. The molecule has 0 aromatic rings. The fourth-order valence-electron chi connectivity index (χ4n) is 1.21. The molecule has 1 unspecified atom stereocenters. The molecule has 0 heterocycles. The fraction of sp³-hybridized carbons (Fsp3) is 0.900. The van der Waals surface area contributed by atoms with Crippen molar-refractivity contribution in [3.8, 4) is 0 Å². The summed E-state index contributed by atoms with van der Waals surface area (Å²) in [6.07, 6.45) is 7.23. The first-order valence-corrected chi connectivity index (χ1v) is 7.07. The normalized spacial score (nSPS) is 11.1. The van der Waals surface area contributed by atoms with E-state index in [4.69, 9.17) is 0 Å². The molecule has 0 aliphatic rings. The van der Waals surface area contributed by atoms with Crippen molar-refractivity contribution in [1.82, 2.24) is 5.32 Å². The van der Waals surface area contributed by atoms with Crippen molar-refractivity contribution >= 4 is 13.4 Å². The molecule has 3 nitrogen and oxygen atoms in total. The smallest absolute Gasteiger partial charge is 0.313 e. The van der Waals surface area contributed by atoms with Gasteiger partial charge in [-0.15, -0.1) is 0 Å². The van der Waals surface area contributed by atoms with Crippen molar-refractivity contribution < 1.29 is 9.36 Å². The molecule has 0 radical (unpaired) electrons. The van der Waals surface area contributed by atoms with Gasteiger partial charge in [-0.05, 0) is 6.42 Å². The molecule has 14 heavy (non-hydrogen) atoms. The number of carbonyl (C=O) groups is 1. The highest BCUT2D eigenvalue weighted by molar-refractivity contribution is 7.62. The number of nitrogens with one attached hydrogen (secondary N) is 1. The minimum Gasteiger partial charge on any atom is -0.313 e. The Morgan fingerprint density at radius 1 is 1.14 bits per heavy atom. The molecular weight excluding hydrogens is 197 g/mol. The highest BCUT2D eigenvalue weighted by Crippen LogP contribution is 2.13. The summed E-state index contributed by atoms with van der Waals surface area (Å²) in [7, 11) is -1.69. The van der Waals surface area contributed by atoms with Gasteiger partial charge in [-0.2, -0.15) is 0 Å². The largest absolute Gasteiger partial charge is 0.459 e. The van der Waals surface area contributed by atoms with Gasteiger partial charge in [0.1, 0.15) is 6.66 Å². The number of unbranched alkanes of at least 4 members (excludes halogenated alkanes) is 5. The number of hydrogen-bond donors (Lipinski definition) is 1. The van der Waals surface area contributed by atoms with Gasteiger partial charge in [0.25, 0.3) is 0 Å². The molecule has 0 saturated heterocycles. The summed E-state index contributed by atoms with van der Waals surface area (Å²) < 4.78 is 10.7. The molecule has 0 spiro atoms. The topological polar surface area (TPSA) is 46.2 Å². The Morgan fingerprint density at radius 3 is 2.29 bits per heavy atom. The van der Waals surface area contributed by atoms with Crippen LogP contribution in [0.1, 0.15) is 45.4 Å². The summed E-state index contributed by atoms with van der Waals surface area (Å²) in [4.78, 5) is 10.9. The maximum atomic E-state index is 10.9. The van der Waals surface area contributed by atoms with Crippen LogP contribution >= 0.6 is 7.80 Å². The average molecular weight is 218 g/mol. The van der Waals surface area contributed by atoms with E-state index in [-0.39, 0.29) is 5.65 Å². The van der Waals surface area contributed by atoms with Crippen molar-refractivity contribution in [2.24, 2.45) is 0 Å². The Labute approximate surface area is 87.4 Å². The van der Waals surface area contributed by atoms with E-state index in [0.717, 1.165) is 12.8 Å². The zero-order chi connectivity index (χ0) is 10.8. The first-order valence-electron chi connectivity index (χ1n) is 5.37. The van der Waals surface area contributed by atoms with Gasteiger partial charge in [0.05, 0.1) is 0 Å². The third-order valence-corrected chi connectivity index (χ3v) is 2.82. The summed E-state index contributed by atoms with van der Waals surface area (Å²) >= 11 is 0. The molecular formula is C10H21NO2P+. The first kappa shape index (κ1) is 13.6. The van der Waals surface area contributed by atoms with Crippen LogP contribution in [0.2, 0.25) is 0 Å². The summed E-state index contributed by atoms with van der Waals surface area (Å²) in [5.41, 5.74) is -0.312. The van der Waals surface area contributed by atoms with Crippen molar-refractivity contribution in [2.45, 2.75) is 45.4 Å². The number of rotatable bonds is 8. The molecule has 4 heteroatoms. The van der Waals surface area contributed by atoms with Crippen LogP contribution in [0.5, 0.6) is 0 Å². The SMILES string of the molecule is CCCCCCCCNC(=O)[P+](C)=O. The molecule has 1 N–H and O–H groups in total. The van der Waals surface area contributed by atoms with Crippen LogP contribution in [0.3, 0.4) is 0 Å². The van der Waals surface area contributed by atoms with Crippen molar-refractivity contribution in [3.63, 3.8) is 0 Å². The second-order valence-corrected chi connectivity index (χ2v) is 4.90. The molecule has 1 amide bonds. The molecule has 0 aliphatic carbocycles. The lowest BCUT2D eigenvalue weighted by atomic mass is 10.1. The summed E-state index contributed by atoms with van der Waals surface area (Å²) in [6, 6.07) is 0. The molecule has 82 valence electrons. The maximum Gasteiger partial charge on any atom is 0.459 e. The van der Waals surface area contributed by atoms with Gasteiger partial charge >= 0.3 is 13.4 Å². The summed E-state index contributed by atoms with van der Waals surface area (Å²) in [5.74, 6) is 0. The van der Waals surface area contributed by atoms with E-state index in [1.807, 2.05) is 0 Å². The number of carbonyl (C=O) groups excluding carboxylic acids is 1. The van der Waals surface area contributed by atoms with E-state index in [2.05, 4.69) is 12.2 Å². The highest BCUT2D eigenvalue weighted by atomic mass is 31.1. The van der Waals surface area contributed by atoms with Crippen molar-refractivity contribution in [3.05, 3.63) is 0 Å². The predicted octanol–water partition coefficient (Wildman–Crippen LogP) is 3.51. The van der Waals surface area contributed by atoms with E-state index in [9.17, 15) is 9.36 Å². The molecule has 0 rings (SSSR count). The average Bonchev–Trinajstić information content (AvgIpc) is 2.16. The third kappa shape index (κ3) is 8.18. The van der Waals surface area contributed by atoms with E-state index in [1.54, 1.807) is 0 Å². The molecule has 0 aromatic heterocycles. The molecule has 0 aromatic carbocycles. The second-order valence-electron chi connectivity index (χ2n) is 3.50. The first-order chi connectivity index (χ1) is 6.68. The van der Waals surface area contributed by atoms with Crippen molar-refractivity contribution in [2.75, 3.05) is 13.2 Å². The van der Waals surface area contributed by atoms with E-state index in [1.165, 1.54) is 32.3 Å². The Kier molecular flexibility index (Phi) is 8.86. The quantitative estimate of drug-likeness (QED) is 0.500. The van der Waals surface area contributed by atoms with Crippen LogP contribution in [0, 0.1) is 0 Å². The zero-order valence-corrected chi connectivity index (χ0v) is 10.1. The van der Waals surface area contributed by atoms with Crippen LogP contribution in [0.25, 0.3) is 0 Å². The maximum absolute atomic E-state index is 10.9. The lowest BCUT2D eigenvalue weighted by Crippen LogP contribution is -2.19. The zero-order valence-electron chi connectivity index (χ0n) is 9.21. The molecule has 0 aliphatic heterocycles. The van der Waals surface area contributed by atoms with Crippen LogP contribution in [0.15, 0.2) is 0 Å². The van der Waals surface area contributed by atoms with Crippen LogP contribution in [-0.2, 0) is 4.57 Å². The minimum atomic E-state index is -1.69. The van der Waals surface area contributed by atoms with Gasteiger partial charge in [-0.1, -0.05) is 43.6 Å². The van der Waals surface area contributed by atoms with Crippen LogP contribution in [-0.4, -0.2) is 18.9 Å². The lowest BCUT2D eigenvalue weighted by Gasteiger charge is -1.99. The number of amides is 1. The van der Waals surface area contributed by atoms with E-state index >= 15 is 0 Å². The molecule has 0 fully saturated rings. The van der Waals surface area contributed by atoms with Crippen LogP contribution in [0.4, 0.5) is 4.79 Å². The van der Waals surface area contributed by atoms with Gasteiger partial charge in [0.15, 0.2) is 0 Å². The Bertz CT molecular complexity index is 183. The van der Waals surface area contributed by atoms with Gasteiger partial charge in [-0.25, -0.2) is 4.79 Å². The highest BCUT2D eigenvalue weighted by Gasteiger charge is 2.19. The van der Waals surface area contributed by atoms with Gasteiger partial charge in [-0.3, -0.25) is 0 Å². The predicted molar refractivity (Wildman–Crippen MR) is 60.3 cm³/mol. The molecule has 0 saturated carbocycles. The Balaban J connectivity index is 3.13. The molecule has 0 bridgehead atoms. The number of hydrogen-bond acceptors (Lipinski definition) is 2. The van der Waals surface area contributed by atoms with Crippen LogP contribution < -0.4 is 5.32 Å².